The van der Waals surface area contributed by atoms with Gasteiger partial charge in [-0.25, -0.2) is 8.42 Å². The first kappa shape index (κ1) is 15.5. The second-order valence-corrected chi connectivity index (χ2v) is 9.18. The average molecular weight is 317 g/mol. The number of carboxylic acids is 1. The number of sulfonamides is 1. The summed E-state index contributed by atoms with van der Waals surface area (Å²) in [7, 11) is -3.70. The van der Waals surface area contributed by atoms with E-state index in [1.807, 2.05) is 26.8 Å². The maximum Gasteiger partial charge on any atom is 0.322 e. The summed E-state index contributed by atoms with van der Waals surface area (Å²) in [6.07, 6.45) is 0.972. The zero-order valence-corrected chi connectivity index (χ0v) is 13.4. The van der Waals surface area contributed by atoms with E-state index in [2.05, 4.69) is 0 Å². The molecule has 2 rings (SSSR count). The minimum absolute atomic E-state index is 0.115. The van der Waals surface area contributed by atoms with Crippen molar-refractivity contribution in [2.45, 2.75) is 49.3 Å². The van der Waals surface area contributed by atoms with Crippen LogP contribution in [0.3, 0.4) is 0 Å². The molecule has 1 N–H and O–H groups in total. The first-order valence-electron chi connectivity index (χ1n) is 6.49. The lowest BCUT2D eigenvalue weighted by Crippen LogP contribution is -2.40. The van der Waals surface area contributed by atoms with Crippen LogP contribution in [-0.4, -0.2) is 36.4 Å². The van der Waals surface area contributed by atoms with Gasteiger partial charge in [0, 0.05) is 11.4 Å². The molecule has 1 aliphatic rings. The maximum atomic E-state index is 12.6. The summed E-state index contributed by atoms with van der Waals surface area (Å²) in [5, 5.41) is 9.13. The summed E-state index contributed by atoms with van der Waals surface area (Å²) in [5.74, 6) is -1.07. The fourth-order valence-electron chi connectivity index (χ4n) is 2.25. The van der Waals surface area contributed by atoms with Crippen LogP contribution in [-0.2, 0) is 20.2 Å². The highest BCUT2D eigenvalue weighted by molar-refractivity contribution is 7.91. The summed E-state index contributed by atoms with van der Waals surface area (Å²) in [6, 6.07) is 2.46. The van der Waals surface area contributed by atoms with Gasteiger partial charge in [-0.05, 0) is 30.4 Å². The fourth-order valence-corrected chi connectivity index (χ4v) is 5.40. The molecule has 1 saturated heterocycles. The maximum absolute atomic E-state index is 12.6. The van der Waals surface area contributed by atoms with Crippen LogP contribution in [0.1, 0.15) is 38.5 Å². The van der Waals surface area contributed by atoms with Crippen molar-refractivity contribution in [1.29, 1.82) is 0 Å². The second kappa shape index (κ2) is 5.13. The Bertz CT molecular complexity index is 613. The van der Waals surface area contributed by atoms with Crippen molar-refractivity contribution in [3.05, 3.63) is 17.0 Å². The molecule has 0 saturated carbocycles. The number of nitrogens with zero attached hydrogens (tertiary/aromatic N) is 1. The minimum Gasteiger partial charge on any atom is -0.480 e. The molecule has 1 atom stereocenters. The first-order valence-corrected chi connectivity index (χ1v) is 8.74. The zero-order chi connectivity index (χ0) is 15.1. The molecule has 7 heteroatoms. The van der Waals surface area contributed by atoms with Crippen molar-refractivity contribution >= 4 is 27.3 Å². The van der Waals surface area contributed by atoms with E-state index in [1.54, 1.807) is 6.07 Å². The largest absolute Gasteiger partial charge is 0.480 e. The van der Waals surface area contributed by atoms with E-state index in [0.717, 1.165) is 9.18 Å². The van der Waals surface area contributed by atoms with E-state index in [0.29, 0.717) is 12.8 Å². The Morgan fingerprint density at radius 3 is 2.55 bits per heavy atom. The number of hydrogen-bond acceptors (Lipinski definition) is 4. The van der Waals surface area contributed by atoms with Crippen LogP contribution in [0.5, 0.6) is 0 Å². The highest BCUT2D eigenvalue weighted by Crippen LogP contribution is 2.35. The van der Waals surface area contributed by atoms with Crippen LogP contribution in [0, 0.1) is 0 Å². The SMILES string of the molecule is CC(C)(C)c1ccc(S(=O)(=O)N2CCC[C@H]2C(=O)O)s1. The van der Waals surface area contributed by atoms with Gasteiger partial charge in [0.15, 0.2) is 0 Å². The van der Waals surface area contributed by atoms with Gasteiger partial charge in [0.25, 0.3) is 10.0 Å². The van der Waals surface area contributed by atoms with Gasteiger partial charge in [-0.1, -0.05) is 20.8 Å². The van der Waals surface area contributed by atoms with Crippen molar-refractivity contribution < 1.29 is 18.3 Å². The second-order valence-electron chi connectivity index (χ2n) is 5.98. The van der Waals surface area contributed by atoms with Gasteiger partial charge >= 0.3 is 5.97 Å². The smallest absolute Gasteiger partial charge is 0.322 e. The molecular weight excluding hydrogens is 298 g/mol. The van der Waals surface area contributed by atoms with Gasteiger partial charge < -0.3 is 5.11 Å². The van der Waals surface area contributed by atoms with E-state index in [-0.39, 0.29) is 16.2 Å². The number of hydrogen-bond donors (Lipinski definition) is 1. The predicted molar refractivity (Wildman–Crippen MR) is 77.6 cm³/mol. The molecule has 20 heavy (non-hydrogen) atoms. The van der Waals surface area contributed by atoms with Crippen LogP contribution in [0.2, 0.25) is 0 Å². The van der Waals surface area contributed by atoms with Gasteiger partial charge in [0.05, 0.1) is 0 Å². The molecule has 1 aliphatic heterocycles. The van der Waals surface area contributed by atoms with E-state index in [9.17, 15) is 13.2 Å². The summed E-state index contributed by atoms with van der Waals surface area (Å²) >= 11 is 1.22. The Morgan fingerprint density at radius 1 is 1.40 bits per heavy atom. The third-order valence-corrected chi connectivity index (χ3v) is 7.26. The Kier molecular flexibility index (Phi) is 3.96. The predicted octanol–water partition coefficient (Wildman–Crippen LogP) is 2.28. The summed E-state index contributed by atoms with van der Waals surface area (Å²) in [6.45, 7) is 6.34. The van der Waals surface area contributed by atoms with Gasteiger partial charge in [-0.2, -0.15) is 4.31 Å². The molecule has 0 aliphatic carbocycles. The molecule has 1 aromatic rings. The van der Waals surface area contributed by atoms with Crippen molar-refractivity contribution in [2.75, 3.05) is 6.54 Å². The summed E-state index contributed by atoms with van der Waals surface area (Å²) < 4.78 is 26.5. The van der Waals surface area contributed by atoms with Crippen LogP contribution >= 0.6 is 11.3 Å². The minimum atomic E-state index is -3.70. The molecule has 0 radical (unpaired) electrons. The van der Waals surface area contributed by atoms with E-state index >= 15 is 0 Å². The lowest BCUT2D eigenvalue weighted by Gasteiger charge is -2.20. The molecule has 5 nitrogen and oxygen atoms in total. The zero-order valence-electron chi connectivity index (χ0n) is 11.8. The van der Waals surface area contributed by atoms with Crippen molar-refractivity contribution in [2.24, 2.45) is 0 Å². The molecule has 0 bridgehead atoms. The lowest BCUT2D eigenvalue weighted by molar-refractivity contribution is -0.140. The highest BCUT2D eigenvalue weighted by atomic mass is 32.2. The number of carboxylic acid groups (broad SMARTS) is 1. The van der Waals surface area contributed by atoms with Crippen LogP contribution < -0.4 is 0 Å². The molecule has 0 spiro atoms. The van der Waals surface area contributed by atoms with E-state index in [1.165, 1.54) is 11.3 Å². The Hall–Kier alpha value is -0.920. The monoisotopic (exact) mass is 317 g/mol. The van der Waals surface area contributed by atoms with Crippen molar-refractivity contribution in [3.8, 4) is 0 Å². The van der Waals surface area contributed by atoms with Crippen LogP contribution in [0.4, 0.5) is 0 Å². The van der Waals surface area contributed by atoms with E-state index in [4.69, 9.17) is 5.11 Å². The molecular formula is C13H19NO4S2. The summed E-state index contributed by atoms with van der Waals surface area (Å²) in [5.41, 5.74) is -0.115. The number of rotatable bonds is 3. The molecule has 112 valence electrons. The Balaban J connectivity index is 2.36. The van der Waals surface area contributed by atoms with Crippen LogP contribution in [0.25, 0.3) is 0 Å². The fraction of sp³-hybridized carbons (Fsp3) is 0.615. The van der Waals surface area contributed by atoms with Crippen molar-refractivity contribution in [3.63, 3.8) is 0 Å². The highest BCUT2D eigenvalue weighted by Gasteiger charge is 2.40. The Morgan fingerprint density at radius 2 is 2.05 bits per heavy atom. The first-order chi connectivity index (χ1) is 9.14. The summed E-state index contributed by atoms with van der Waals surface area (Å²) in [4.78, 5) is 12.1. The average Bonchev–Trinajstić information content (AvgIpc) is 2.98. The van der Waals surface area contributed by atoms with Gasteiger partial charge in [-0.15, -0.1) is 11.3 Å². The molecule has 0 unspecified atom stereocenters. The van der Waals surface area contributed by atoms with Gasteiger partial charge in [-0.3, -0.25) is 4.79 Å². The number of carbonyl (C=O) groups is 1. The molecule has 2 heterocycles. The molecule has 0 aromatic carbocycles. The lowest BCUT2D eigenvalue weighted by atomic mass is 9.95. The normalized spacial score (nSPS) is 21.2. The molecule has 0 amide bonds. The quantitative estimate of drug-likeness (QED) is 0.928. The van der Waals surface area contributed by atoms with E-state index < -0.39 is 22.0 Å². The van der Waals surface area contributed by atoms with Gasteiger partial charge in [0.1, 0.15) is 10.3 Å². The molecule has 1 fully saturated rings. The third kappa shape index (κ3) is 2.75. The van der Waals surface area contributed by atoms with Gasteiger partial charge in [0.2, 0.25) is 0 Å². The van der Waals surface area contributed by atoms with Crippen LogP contribution in [0.15, 0.2) is 16.3 Å². The topological polar surface area (TPSA) is 74.7 Å². The standard InChI is InChI=1S/C13H19NO4S2/c1-13(2,3)10-6-7-11(19-10)20(17,18)14-8-4-5-9(14)12(15)16/h6-7,9H,4-5,8H2,1-3H3,(H,15,16)/t9-/m0/s1. The third-order valence-electron chi connectivity index (χ3n) is 3.37. The number of aliphatic carboxylic acids is 1. The number of thiophene rings is 1. The Labute approximate surface area is 123 Å². The molecule has 1 aromatic heterocycles. The van der Waals surface area contributed by atoms with Crippen molar-refractivity contribution in [1.82, 2.24) is 4.31 Å².